The summed E-state index contributed by atoms with van der Waals surface area (Å²) in [4.78, 5) is 37.1. The molecule has 0 aliphatic heterocycles. The van der Waals surface area contributed by atoms with Crippen molar-refractivity contribution in [1.82, 2.24) is 0 Å². The van der Waals surface area contributed by atoms with Crippen molar-refractivity contribution in [3.05, 3.63) is 22.8 Å². The molecule has 8 atom stereocenters. The third-order valence-electron chi connectivity index (χ3n) is 9.50. The summed E-state index contributed by atoms with van der Waals surface area (Å²) >= 11 is 6.79. The van der Waals surface area contributed by atoms with E-state index in [0.29, 0.717) is 23.3 Å². The molecule has 0 aromatic carbocycles. The molecule has 0 saturated heterocycles. The van der Waals surface area contributed by atoms with Crippen LogP contribution < -0.4 is 0 Å². The summed E-state index contributed by atoms with van der Waals surface area (Å²) in [5.41, 5.74) is -0.455. The zero-order chi connectivity index (χ0) is 20.9. The third kappa shape index (κ3) is 2.24. The minimum atomic E-state index is -1.03. The largest absolute Gasteiger partial charge is 0.451 e. The van der Waals surface area contributed by atoms with Gasteiger partial charge in [0.05, 0.1) is 0 Å². The molecule has 0 amide bonds. The maximum atomic E-state index is 12.8. The van der Waals surface area contributed by atoms with E-state index < -0.39 is 5.60 Å². The number of hydrogen-bond donors (Lipinski definition) is 0. The Labute approximate surface area is 177 Å². The minimum Gasteiger partial charge on any atom is -0.451 e. The van der Waals surface area contributed by atoms with Crippen molar-refractivity contribution in [2.75, 3.05) is 0 Å². The highest BCUT2D eigenvalue weighted by molar-refractivity contribution is 6.32. The van der Waals surface area contributed by atoms with Crippen LogP contribution in [0.3, 0.4) is 0 Å². The van der Waals surface area contributed by atoms with E-state index in [2.05, 4.69) is 19.9 Å². The van der Waals surface area contributed by atoms with Crippen LogP contribution in [0.1, 0.15) is 59.8 Å². The molecule has 29 heavy (non-hydrogen) atoms. The molecular formula is C24H29ClO4. The molecule has 0 heterocycles. The maximum Gasteiger partial charge on any atom is 0.303 e. The van der Waals surface area contributed by atoms with Crippen LogP contribution in [0.15, 0.2) is 22.8 Å². The fourth-order valence-corrected chi connectivity index (χ4v) is 8.43. The van der Waals surface area contributed by atoms with E-state index in [0.717, 1.165) is 31.3 Å². The van der Waals surface area contributed by atoms with Crippen LogP contribution in [0.25, 0.3) is 0 Å². The van der Waals surface area contributed by atoms with Gasteiger partial charge in [0.15, 0.2) is 17.2 Å². The van der Waals surface area contributed by atoms with E-state index in [9.17, 15) is 14.4 Å². The van der Waals surface area contributed by atoms with E-state index in [1.54, 1.807) is 6.92 Å². The minimum absolute atomic E-state index is 0.0423. The number of esters is 1. The van der Waals surface area contributed by atoms with Gasteiger partial charge in [-0.15, -0.1) is 0 Å². The van der Waals surface area contributed by atoms with Gasteiger partial charge in [-0.1, -0.05) is 31.5 Å². The predicted octanol–water partition coefficient (Wildman–Crippen LogP) is 4.61. The average Bonchev–Trinajstić information content (AvgIpc) is 3.39. The zero-order valence-electron chi connectivity index (χ0n) is 17.6. The van der Waals surface area contributed by atoms with Gasteiger partial charge in [0.1, 0.15) is 0 Å². The Hall–Kier alpha value is -1.42. The van der Waals surface area contributed by atoms with Gasteiger partial charge in [-0.05, 0) is 74.3 Å². The lowest BCUT2D eigenvalue weighted by atomic mass is 9.47. The molecule has 0 aromatic heterocycles. The Balaban J connectivity index is 1.60. The van der Waals surface area contributed by atoms with Crippen LogP contribution in [-0.2, 0) is 19.1 Å². The Bertz CT molecular complexity index is 903. The summed E-state index contributed by atoms with van der Waals surface area (Å²) in [7, 11) is 0. The summed E-state index contributed by atoms with van der Waals surface area (Å²) in [6.45, 7) is 7.42. The van der Waals surface area contributed by atoms with Gasteiger partial charge in [-0.3, -0.25) is 14.4 Å². The molecular weight excluding hydrogens is 388 g/mol. The van der Waals surface area contributed by atoms with Gasteiger partial charge >= 0.3 is 5.97 Å². The molecule has 4 nitrogen and oxygen atoms in total. The lowest BCUT2D eigenvalue weighted by Gasteiger charge is -2.57. The van der Waals surface area contributed by atoms with Gasteiger partial charge < -0.3 is 4.74 Å². The second-order valence-electron chi connectivity index (χ2n) is 10.5. The van der Waals surface area contributed by atoms with Crippen molar-refractivity contribution in [3.63, 3.8) is 0 Å². The third-order valence-corrected chi connectivity index (χ3v) is 9.83. The molecule has 3 saturated carbocycles. The number of carbonyl (C=O) groups excluding carboxylic acids is 3. The first kappa shape index (κ1) is 19.5. The summed E-state index contributed by atoms with van der Waals surface area (Å²) < 4.78 is 5.82. The highest BCUT2D eigenvalue weighted by Gasteiger charge is 2.70. The molecule has 0 unspecified atom stereocenters. The van der Waals surface area contributed by atoms with E-state index in [1.165, 1.54) is 6.92 Å². The molecule has 5 aliphatic rings. The Kier molecular flexibility index (Phi) is 3.93. The first-order chi connectivity index (χ1) is 13.6. The highest BCUT2D eigenvalue weighted by atomic mass is 35.5. The second kappa shape index (κ2) is 5.84. The van der Waals surface area contributed by atoms with Crippen LogP contribution in [0.5, 0.6) is 0 Å². The van der Waals surface area contributed by atoms with E-state index >= 15 is 0 Å². The fourth-order valence-electron chi connectivity index (χ4n) is 8.03. The highest BCUT2D eigenvalue weighted by Crippen LogP contribution is 2.72. The number of allylic oxidation sites excluding steroid dienone is 4. The number of rotatable bonds is 2. The molecule has 156 valence electrons. The van der Waals surface area contributed by atoms with Crippen LogP contribution in [0.2, 0.25) is 0 Å². The van der Waals surface area contributed by atoms with Gasteiger partial charge in [0.2, 0.25) is 0 Å². The molecule has 3 fully saturated rings. The summed E-state index contributed by atoms with van der Waals surface area (Å²) in [6.07, 6.45) is 8.18. The molecule has 0 N–H and O–H groups in total. The van der Waals surface area contributed by atoms with Crippen LogP contribution in [-0.4, -0.2) is 23.1 Å². The fraction of sp³-hybridized carbons (Fsp3) is 0.708. The number of fused-ring (bicyclic) bond motifs is 7. The quantitative estimate of drug-likeness (QED) is 0.617. The van der Waals surface area contributed by atoms with Crippen molar-refractivity contribution >= 4 is 29.1 Å². The van der Waals surface area contributed by atoms with Crippen molar-refractivity contribution in [2.24, 2.45) is 40.4 Å². The first-order valence-corrected chi connectivity index (χ1v) is 11.3. The summed E-state index contributed by atoms with van der Waals surface area (Å²) in [6, 6.07) is 0. The number of Topliss-reactive ketones (excluding diaryl/α,β-unsaturated/α-hetero) is 1. The molecule has 0 bridgehead atoms. The topological polar surface area (TPSA) is 60.4 Å². The van der Waals surface area contributed by atoms with Crippen molar-refractivity contribution < 1.29 is 19.1 Å². The first-order valence-electron chi connectivity index (χ1n) is 10.9. The zero-order valence-corrected chi connectivity index (χ0v) is 18.3. The number of carbonyl (C=O) groups is 3. The van der Waals surface area contributed by atoms with Gasteiger partial charge in [-0.25, -0.2) is 0 Å². The van der Waals surface area contributed by atoms with E-state index in [-0.39, 0.29) is 46.1 Å². The van der Waals surface area contributed by atoms with Crippen molar-refractivity contribution in [2.45, 2.75) is 65.4 Å². The van der Waals surface area contributed by atoms with Crippen LogP contribution >= 0.6 is 11.6 Å². The van der Waals surface area contributed by atoms with Crippen molar-refractivity contribution in [1.29, 1.82) is 0 Å². The van der Waals surface area contributed by atoms with Gasteiger partial charge in [0, 0.05) is 28.7 Å². The standard InChI is InChI=1S/C24H29ClO4/c1-12(26)24(29-13(2)27)8-6-16-14-10-20(25)19-11-21(28)15-9-18(15)23(19,4)17(14)5-7-22(16,24)3/h10-11,14-18H,5-9H2,1-4H3/t14-,15-,16-,17-,18+,22+,23+,24+/m1/s1. The number of halogens is 1. The smallest absolute Gasteiger partial charge is 0.303 e. The van der Waals surface area contributed by atoms with E-state index in [4.69, 9.17) is 16.3 Å². The monoisotopic (exact) mass is 416 g/mol. The Morgan fingerprint density at radius 2 is 1.79 bits per heavy atom. The van der Waals surface area contributed by atoms with Crippen LogP contribution in [0, 0.1) is 40.4 Å². The van der Waals surface area contributed by atoms with Gasteiger partial charge in [0.25, 0.3) is 0 Å². The summed E-state index contributed by atoms with van der Waals surface area (Å²) in [5.74, 6) is 1.27. The molecule has 5 aliphatic carbocycles. The lowest BCUT2D eigenvalue weighted by molar-refractivity contribution is -0.185. The number of ether oxygens (including phenoxy) is 1. The number of ketones is 2. The van der Waals surface area contributed by atoms with Crippen molar-refractivity contribution in [3.8, 4) is 0 Å². The normalized spacial score (nSPS) is 49.7. The Morgan fingerprint density at radius 1 is 1.10 bits per heavy atom. The lowest BCUT2D eigenvalue weighted by Crippen LogP contribution is -2.58. The predicted molar refractivity (Wildman–Crippen MR) is 109 cm³/mol. The molecule has 5 heteroatoms. The number of hydrogen-bond acceptors (Lipinski definition) is 4. The van der Waals surface area contributed by atoms with E-state index in [1.807, 2.05) is 6.08 Å². The summed E-state index contributed by atoms with van der Waals surface area (Å²) in [5, 5.41) is 0.713. The second-order valence-corrected chi connectivity index (χ2v) is 10.9. The molecule has 0 spiro atoms. The molecule has 0 radical (unpaired) electrons. The SMILES string of the molecule is CC(=O)O[C@]1(C(C)=O)CC[C@@H]2[C@H]3C=C(Cl)C4=CC(=O)[C@@H]5C[C@@H]5[C@]4(C)[C@@H]3CC[C@@]21C. The van der Waals surface area contributed by atoms with Crippen LogP contribution in [0.4, 0.5) is 0 Å². The maximum absolute atomic E-state index is 12.8. The molecule has 0 aromatic rings. The molecule has 5 rings (SSSR count). The Morgan fingerprint density at radius 3 is 2.45 bits per heavy atom. The van der Waals surface area contributed by atoms with Gasteiger partial charge in [-0.2, -0.15) is 0 Å². The average molecular weight is 417 g/mol.